The molecule has 0 bridgehead atoms. The molecule has 174 valence electrons. The van der Waals surface area contributed by atoms with Crippen molar-refractivity contribution in [1.29, 1.82) is 0 Å². The number of benzene rings is 2. The lowest BCUT2D eigenvalue weighted by molar-refractivity contribution is -0.147. The molecular weight excluding hydrogens is 558 g/mol. The topological polar surface area (TPSA) is 92.0 Å². The van der Waals surface area contributed by atoms with Crippen LogP contribution in [-0.4, -0.2) is 42.2 Å². The highest BCUT2D eigenvalue weighted by Gasteiger charge is 2.19. The number of ether oxygens (including phenoxy) is 3. The summed E-state index contributed by atoms with van der Waals surface area (Å²) >= 11 is 6.89. The summed E-state index contributed by atoms with van der Waals surface area (Å²) in [7, 11) is 2.79. The Morgan fingerprint density at radius 3 is 2.48 bits per heavy atom. The maximum absolute atomic E-state index is 13.2. The van der Waals surface area contributed by atoms with Gasteiger partial charge in [-0.3, -0.25) is 4.79 Å². The molecule has 0 radical (unpaired) electrons. The summed E-state index contributed by atoms with van der Waals surface area (Å²) in [5, 5.41) is 4.91. The van der Waals surface area contributed by atoms with Gasteiger partial charge in [0.1, 0.15) is 5.82 Å². The molecule has 0 fully saturated rings. The second-order valence-electron chi connectivity index (χ2n) is 7.46. The van der Waals surface area contributed by atoms with Crippen LogP contribution >= 0.6 is 31.9 Å². The van der Waals surface area contributed by atoms with Gasteiger partial charge >= 0.3 is 5.97 Å². The second-order valence-corrected chi connectivity index (χ2v) is 9.23. The van der Waals surface area contributed by atoms with Crippen molar-refractivity contribution in [2.24, 2.45) is 5.10 Å². The number of halogens is 2. The van der Waals surface area contributed by atoms with E-state index in [-0.39, 0.29) is 11.5 Å². The van der Waals surface area contributed by atoms with Crippen molar-refractivity contribution < 1.29 is 19.0 Å². The van der Waals surface area contributed by atoms with Crippen molar-refractivity contribution in [1.82, 2.24) is 9.66 Å². The van der Waals surface area contributed by atoms with E-state index in [1.165, 1.54) is 18.9 Å². The third-order valence-electron chi connectivity index (χ3n) is 4.78. The second kappa shape index (κ2) is 10.5. The number of methoxy groups -OCH3 is 2. The molecular formula is C23H23Br2N3O5. The predicted octanol–water partition coefficient (Wildman–Crippen LogP) is 4.88. The number of fused-ring (bicyclic) bond motifs is 1. The average Bonchev–Trinajstić information content (AvgIpc) is 2.78. The fraction of sp³-hybridized carbons (Fsp3) is 0.304. The number of nitrogens with zero attached hydrogens (tertiary/aromatic N) is 3. The molecule has 0 N–H and O–H groups in total. The third kappa shape index (κ3) is 5.44. The Morgan fingerprint density at radius 2 is 1.85 bits per heavy atom. The van der Waals surface area contributed by atoms with Crippen LogP contribution in [0.4, 0.5) is 0 Å². The third-order valence-corrected chi connectivity index (χ3v) is 5.96. The monoisotopic (exact) mass is 579 g/mol. The van der Waals surface area contributed by atoms with Crippen LogP contribution in [0.5, 0.6) is 11.5 Å². The Kier molecular flexibility index (Phi) is 7.91. The number of carbonyl (C=O) groups excluding carboxylic acids is 1. The molecule has 0 saturated heterocycles. The van der Waals surface area contributed by atoms with E-state index in [9.17, 15) is 9.59 Å². The normalized spacial score (nSPS) is 12.4. The van der Waals surface area contributed by atoms with E-state index in [0.29, 0.717) is 38.3 Å². The van der Waals surface area contributed by atoms with Crippen molar-refractivity contribution in [2.75, 3.05) is 14.2 Å². The first-order valence-corrected chi connectivity index (χ1v) is 11.6. The van der Waals surface area contributed by atoms with Crippen LogP contribution in [0.2, 0.25) is 0 Å². The van der Waals surface area contributed by atoms with Gasteiger partial charge in [-0.2, -0.15) is 9.78 Å². The highest BCUT2D eigenvalue weighted by molar-refractivity contribution is 9.10. The van der Waals surface area contributed by atoms with Gasteiger partial charge in [0.2, 0.25) is 0 Å². The fourth-order valence-electron chi connectivity index (χ4n) is 3.08. The molecule has 0 saturated carbocycles. The van der Waals surface area contributed by atoms with E-state index >= 15 is 0 Å². The number of aromatic nitrogens is 2. The minimum atomic E-state index is -0.814. The molecule has 8 nitrogen and oxygen atoms in total. The van der Waals surface area contributed by atoms with Crippen LogP contribution in [0.1, 0.15) is 38.1 Å². The van der Waals surface area contributed by atoms with Crippen LogP contribution in [0.3, 0.4) is 0 Å². The highest BCUT2D eigenvalue weighted by atomic mass is 79.9. The standard InChI is InChI=1S/C23H23Br2N3O5/c1-12(2)21-27-18-7-6-15(24)9-16(18)22(29)28(21)26-11-14-8-19(31-4)20(10-17(14)25)33-13(3)23(30)32-5/h6-13H,1-5H3/t13-/m1/s1. The van der Waals surface area contributed by atoms with Gasteiger partial charge in [0.05, 0.1) is 31.3 Å². The number of rotatable bonds is 7. The Labute approximate surface area is 207 Å². The molecule has 0 spiro atoms. The lowest BCUT2D eigenvalue weighted by Gasteiger charge is -2.16. The molecule has 0 aliphatic carbocycles. The van der Waals surface area contributed by atoms with Crippen molar-refractivity contribution in [3.63, 3.8) is 0 Å². The van der Waals surface area contributed by atoms with E-state index in [1.807, 2.05) is 19.9 Å². The van der Waals surface area contributed by atoms with Gasteiger partial charge in [-0.25, -0.2) is 9.78 Å². The first-order chi connectivity index (χ1) is 15.7. The van der Waals surface area contributed by atoms with Crippen LogP contribution in [0.25, 0.3) is 10.9 Å². The maximum atomic E-state index is 13.2. The van der Waals surface area contributed by atoms with E-state index in [1.54, 1.807) is 37.4 Å². The van der Waals surface area contributed by atoms with E-state index in [2.05, 4.69) is 41.9 Å². The van der Waals surface area contributed by atoms with Crippen LogP contribution in [0, 0.1) is 0 Å². The van der Waals surface area contributed by atoms with Gasteiger partial charge in [-0.05, 0) is 53.2 Å². The molecule has 33 heavy (non-hydrogen) atoms. The number of esters is 1. The smallest absolute Gasteiger partial charge is 0.346 e. The summed E-state index contributed by atoms with van der Waals surface area (Å²) in [6.45, 7) is 5.48. The molecule has 3 aromatic rings. The Balaban J connectivity index is 2.06. The average molecular weight is 581 g/mol. The zero-order valence-electron chi connectivity index (χ0n) is 18.8. The zero-order valence-corrected chi connectivity index (χ0v) is 21.9. The van der Waals surface area contributed by atoms with Crippen molar-refractivity contribution in [3.8, 4) is 11.5 Å². The molecule has 3 rings (SSSR count). The van der Waals surface area contributed by atoms with Crippen molar-refractivity contribution in [2.45, 2.75) is 32.8 Å². The van der Waals surface area contributed by atoms with Crippen LogP contribution in [0.15, 0.2) is 49.2 Å². The minimum absolute atomic E-state index is 0.0311. The van der Waals surface area contributed by atoms with Gasteiger partial charge in [-0.1, -0.05) is 29.8 Å². The van der Waals surface area contributed by atoms with Crippen LogP contribution < -0.4 is 15.0 Å². The summed E-state index contributed by atoms with van der Waals surface area (Å²) in [5.74, 6) is 0.761. The van der Waals surface area contributed by atoms with Gasteiger partial charge in [-0.15, -0.1) is 0 Å². The number of hydrogen-bond acceptors (Lipinski definition) is 7. The fourth-order valence-corrected chi connectivity index (χ4v) is 3.86. The molecule has 0 aliphatic rings. The van der Waals surface area contributed by atoms with E-state index < -0.39 is 12.1 Å². The first kappa shape index (κ1) is 24.9. The SMILES string of the molecule is COC(=O)[C@@H](C)Oc1cc(Br)c(C=Nn2c(C(C)C)nc3ccc(Br)cc3c2=O)cc1OC. The molecule has 0 amide bonds. The van der Waals surface area contributed by atoms with Gasteiger partial charge in [0.25, 0.3) is 5.56 Å². The van der Waals surface area contributed by atoms with Gasteiger partial charge in [0, 0.05) is 20.4 Å². The van der Waals surface area contributed by atoms with Crippen molar-refractivity contribution >= 4 is 54.9 Å². The minimum Gasteiger partial charge on any atom is -0.493 e. The van der Waals surface area contributed by atoms with Crippen molar-refractivity contribution in [3.05, 3.63) is 61.0 Å². The van der Waals surface area contributed by atoms with Crippen LogP contribution in [-0.2, 0) is 9.53 Å². The Hall–Kier alpha value is -2.72. The lowest BCUT2D eigenvalue weighted by Crippen LogP contribution is -2.25. The number of hydrogen-bond donors (Lipinski definition) is 0. The Morgan fingerprint density at radius 1 is 1.12 bits per heavy atom. The predicted molar refractivity (Wildman–Crippen MR) is 134 cm³/mol. The molecule has 1 atom stereocenters. The Bertz CT molecular complexity index is 1290. The molecule has 1 aromatic heterocycles. The summed E-state index contributed by atoms with van der Waals surface area (Å²) in [5.41, 5.74) is 0.986. The summed E-state index contributed by atoms with van der Waals surface area (Å²) in [4.78, 5) is 29.5. The van der Waals surface area contributed by atoms with E-state index in [4.69, 9.17) is 14.2 Å². The summed E-state index contributed by atoms with van der Waals surface area (Å²) in [6, 6.07) is 8.74. The lowest BCUT2D eigenvalue weighted by atomic mass is 10.2. The summed E-state index contributed by atoms with van der Waals surface area (Å²) < 4.78 is 18.5. The molecule has 2 aromatic carbocycles. The van der Waals surface area contributed by atoms with Gasteiger partial charge < -0.3 is 14.2 Å². The molecule has 0 aliphatic heterocycles. The first-order valence-electron chi connectivity index (χ1n) is 10.0. The van der Waals surface area contributed by atoms with Gasteiger partial charge in [0.15, 0.2) is 17.6 Å². The summed E-state index contributed by atoms with van der Waals surface area (Å²) in [6.07, 6.45) is 0.726. The highest BCUT2D eigenvalue weighted by Crippen LogP contribution is 2.34. The van der Waals surface area contributed by atoms with E-state index in [0.717, 1.165) is 4.47 Å². The maximum Gasteiger partial charge on any atom is 0.346 e. The number of carbonyl (C=O) groups is 1. The molecule has 0 unspecified atom stereocenters. The largest absolute Gasteiger partial charge is 0.493 e. The zero-order chi connectivity index (χ0) is 24.3. The molecule has 1 heterocycles. The molecule has 10 heteroatoms. The quantitative estimate of drug-likeness (QED) is 0.292.